The lowest BCUT2D eigenvalue weighted by atomic mass is 10.2. The van der Waals surface area contributed by atoms with E-state index in [1.54, 1.807) is 16.8 Å². The van der Waals surface area contributed by atoms with Crippen LogP contribution in [0, 0.1) is 0 Å². The van der Waals surface area contributed by atoms with Crippen molar-refractivity contribution in [2.45, 2.75) is 6.42 Å². The third kappa shape index (κ3) is 6.58. The second-order valence-electron chi connectivity index (χ2n) is 6.37. The van der Waals surface area contributed by atoms with Crippen molar-refractivity contribution in [2.75, 3.05) is 49.7 Å². The number of hydrogen-bond donors (Lipinski definition) is 2. The predicted molar refractivity (Wildman–Crippen MR) is 110 cm³/mol. The first kappa shape index (κ1) is 20.8. The molecule has 1 aromatic heterocycles. The van der Waals surface area contributed by atoms with Gasteiger partial charge in [0, 0.05) is 42.0 Å². The first-order valence-electron chi connectivity index (χ1n) is 9.30. The number of thiophene rings is 1. The molecular weight excluding hydrogens is 394 g/mol. The van der Waals surface area contributed by atoms with E-state index in [0.717, 1.165) is 18.8 Å². The van der Waals surface area contributed by atoms with Gasteiger partial charge >= 0.3 is 5.97 Å². The highest BCUT2D eigenvalue weighted by Crippen LogP contribution is 2.19. The maximum atomic E-state index is 12.0. The van der Waals surface area contributed by atoms with Gasteiger partial charge in [0.15, 0.2) is 6.61 Å². The lowest BCUT2D eigenvalue weighted by Crippen LogP contribution is -2.36. The Morgan fingerprint density at radius 2 is 1.86 bits per heavy atom. The van der Waals surface area contributed by atoms with Crippen LogP contribution in [0.25, 0.3) is 0 Å². The van der Waals surface area contributed by atoms with E-state index >= 15 is 0 Å². The summed E-state index contributed by atoms with van der Waals surface area (Å²) < 4.78 is 10.3. The van der Waals surface area contributed by atoms with Crippen LogP contribution in [0.15, 0.2) is 41.1 Å². The zero-order chi connectivity index (χ0) is 20.5. The molecule has 2 aromatic rings. The summed E-state index contributed by atoms with van der Waals surface area (Å²) >= 11 is 1.42. The van der Waals surface area contributed by atoms with Crippen molar-refractivity contribution >= 4 is 40.5 Å². The maximum Gasteiger partial charge on any atom is 0.308 e. The van der Waals surface area contributed by atoms with Gasteiger partial charge in [-0.15, -0.1) is 0 Å². The highest BCUT2D eigenvalue weighted by atomic mass is 32.1. The molecule has 2 amide bonds. The molecule has 2 N–H and O–H groups in total. The van der Waals surface area contributed by atoms with Crippen molar-refractivity contribution in [1.29, 1.82) is 0 Å². The number of ether oxygens (including phenoxy) is 2. The molecule has 0 saturated carbocycles. The molecule has 1 fully saturated rings. The summed E-state index contributed by atoms with van der Waals surface area (Å²) in [6, 6.07) is 9.19. The van der Waals surface area contributed by atoms with Crippen LogP contribution in [0.2, 0.25) is 0 Å². The minimum absolute atomic E-state index is 0.00258. The Labute approximate surface area is 172 Å². The lowest BCUT2D eigenvalue weighted by molar-refractivity contribution is -0.147. The average molecular weight is 417 g/mol. The number of anilines is 2. The number of nitrogens with zero attached hydrogens (tertiary/aromatic N) is 1. The summed E-state index contributed by atoms with van der Waals surface area (Å²) in [6.07, 6.45) is -0.00258. The van der Waals surface area contributed by atoms with Gasteiger partial charge in [-0.3, -0.25) is 14.4 Å². The van der Waals surface area contributed by atoms with Gasteiger partial charge in [0.1, 0.15) is 0 Å². The minimum atomic E-state index is -0.548. The van der Waals surface area contributed by atoms with Gasteiger partial charge in [-0.2, -0.15) is 11.3 Å². The molecule has 0 atom stereocenters. The summed E-state index contributed by atoms with van der Waals surface area (Å²) in [7, 11) is 0. The number of carbonyl (C=O) groups excluding carboxylic acids is 3. The molecule has 1 aliphatic rings. The highest BCUT2D eigenvalue weighted by Gasteiger charge is 2.12. The number of carbonyl (C=O) groups is 3. The summed E-state index contributed by atoms with van der Waals surface area (Å²) in [6.45, 7) is 2.88. The first-order chi connectivity index (χ1) is 14.1. The van der Waals surface area contributed by atoms with Gasteiger partial charge < -0.3 is 25.0 Å². The molecule has 1 aliphatic heterocycles. The zero-order valence-corrected chi connectivity index (χ0v) is 16.7. The van der Waals surface area contributed by atoms with E-state index in [4.69, 9.17) is 9.47 Å². The van der Waals surface area contributed by atoms with Crippen LogP contribution in [0.3, 0.4) is 0 Å². The van der Waals surface area contributed by atoms with Crippen molar-refractivity contribution < 1.29 is 23.9 Å². The Kier molecular flexibility index (Phi) is 7.60. The maximum absolute atomic E-state index is 12.0. The molecule has 29 heavy (non-hydrogen) atoms. The zero-order valence-electron chi connectivity index (χ0n) is 15.9. The quantitative estimate of drug-likeness (QED) is 0.637. The van der Waals surface area contributed by atoms with Crippen LogP contribution in [0.4, 0.5) is 11.4 Å². The SMILES string of the molecule is O=C(COC(=O)CCNC(=O)c1ccsc1)Nc1ccc(N2CCOCC2)cc1. The van der Waals surface area contributed by atoms with E-state index in [9.17, 15) is 14.4 Å². The number of rotatable bonds is 8. The van der Waals surface area contributed by atoms with Crippen LogP contribution in [0.5, 0.6) is 0 Å². The largest absolute Gasteiger partial charge is 0.456 e. The summed E-state index contributed by atoms with van der Waals surface area (Å²) in [4.78, 5) is 37.6. The number of esters is 1. The van der Waals surface area contributed by atoms with Crippen LogP contribution >= 0.6 is 11.3 Å². The number of morpholine rings is 1. The molecule has 3 rings (SSSR count). The lowest BCUT2D eigenvalue weighted by Gasteiger charge is -2.28. The summed E-state index contributed by atoms with van der Waals surface area (Å²) in [5.41, 5.74) is 2.26. The second-order valence-corrected chi connectivity index (χ2v) is 7.15. The van der Waals surface area contributed by atoms with Crippen molar-refractivity contribution in [3.05, 3.63) is 46.7 Å². The van der Waals surface area contributed by atoms with Crippen LogP contribution in [0.1, 0.15) is 16.8 Å². The highest BCUT2D eigenvalue weighted by molar-refractivity contribution is 7.08. The Bertz CT molecular complexity index is 817. The fourth-order valence-electron chi connectivity index (χ4n) is 2.77. The predicted octanol–water partition coefficient (Wildman–Crippen LogP) is 1.89. The molecular formula is C20H23N3O5S. The van der Waals surface area contributed by atoms with Crippen LogP contribution in [-0.4, -0.2) is 57.2 Å². The van der Waals surface area contributed by atoms with E-state index in [-0.39, 0.29) is 25.5 Å². The molecule has 2 heterocycles. The normalized spacial score (nSPS) is 13.6. The number of amides is 2. The minimum Gasteiger partial charge on any atom is -0.456 e. The fraction of sp³-hybridized carbons (Fsp3) is 0.350. The van der Waals surface area contributed by atoms with Gasteiger partial charge in [0.25, 0.3) is 11.8 Å². The van der Waals surface area contributed by atoms with Crippen molar-refractivity contribution in [2.24, 2.45) is 0 Å². The van der Waals surface area contributed by atoms with Gasteiger partial charge in [-0.25, -0.2) is 0 Å². The molecule has 1 saturated heterocycles. The Morgan fingerprint density at radius 3 is 2.55 bits per heavy atom. The molecule has 8 nitrogen and oxygen atoms in total. The molecule has 0 radical (unpaired) electrons. The molecule has 0 bridgehead atoms. The van der Waals surface area contributed by atoms with E-state index in [0.29, 0.717) is 24.5 Å². The molecule has 0 spiro atoms. The molecule has 0 unspecified atom stereocenters. The first-order valence-corrected chi connectivity index (χ1v) is 10.2. The monoisotopic (exact) mass is 417 g/mol. The van der Waals surface area contributed by atoms with Gasteiger partial charge in [0.2, 0.25) is 0 Å². The Hall–Kier alpha value is -2.91. The average Bonchev–Trinajstić information content (AvgIpc) is 3.28. The fourth-order valence-corrected chi connectivity index (χ4v) is 3.40. The van der Waals surface area contributed by atoms with E-state index in [1.165, 1.54) is 11.3 Å². The van der Waals surface area contributed by atoms with Crippen molar-refractivity contribution in [3.8, 4) is 0 Å². The van der Waals surface area contributed by atoms with Crippen molar-refractivity contribution in [1.82, 2.24) is 5.32 Å². The standard InChI is InChI=1S/C20H23N3O5S/c24-18(13-28-19(25)5-7-21-20(26)15-6-12-29-14-15)22-16-1-3-17(4-2-16)23-8-10-27-11-9-23/h1-4,6,12,14H,5,7-11,13H2,(H,21,26)(H,22,24). The van der Waals surface area contributed by atoms with Crippen LogP contribution < -0.4 is 15.5 Å². The van der Waals surface area contributed by atoms with E-state index in [1.807, 2.05) is 24.3 Å². The Balaban J connectivity index is 1.33. The molecule has 154 valence electrons. The van der Waals surface area contributed by atoms with E-state index in [2.05, 4.69) is 15.5 Å². The molecule has 1 aromatic carbocycles. The second kappa shape index (κ2) is 10.6. The summed E-state index contributed by atoms with van der Waals surface area (Å²) in [5.74, 6) is -1.20. The van der Waals surface area contributed by atoms with Gasteiger partial charge in [0.05, 0.1) is 19.6 Å². The van der Waals surface area contributed by atoms with Gasteiger partial charge in [-0.05, 0) is 35.7 Å². The van der Waals surface area contributed by atoms with Gasteiger partial charge in [-0.1, -0.05) is 0 Å². The number of benzene rings is 1. The Morgan fingerprint density at radius 1 is 1.10 bits per heavy atom. The summed E-state index contributed by atoms with van der Waals surface area (Å²) in [5, 5.41) is 8.85. The molecule has 9 heteroatoms. The third-order valence-electron chi connectivity index (χ3n) is 4.29. The van der Waals surface area contributed by atoms with Crippen LogP contribution in [-0.2, 0) is 19.1 Å². The third-order valence-corrected chi connectivity index (χ3v) is 4.97. The molecule has 0 aliphatic carbocycles. The number of nitrogens with one attached hydrogen (secondary N) is 2. The smallest absolute Gasteiger partial charge is 0.308 e. The van der Waals surface area contributed by atoms with E-state index < -0.39 is 11.9 Å². The van der Waals surface area contributed by atoms with Crippen molar-refractivity contribution in [3.63, 3.8) is 0 Å². The topological polar surface area (TPSA) is 97.0 Å². The number of hydrogen-bond acceptors (Lipinski definition) is 7.